The van der Waals surface area contributed by atoms with E-state index >= 15 is 0 Å². The zero-order chi connectivity index (χ0) is 19.2. The van der Waals surface area contributed by atoms with Gasteiger partial charge in [0.2, 0.25) is 0 Å². The number of benzene rings is 2. The summed E-state index contributed by atoms with van der Waals surface area (Å²) in [4.78, 5) is 20.1. The molecule has 4 nitrogen and oxygen atoms in total. The summed E-state index contributed by atoms with van der Waals surface area (Å²) in [5, 5.41) is 9.77. The molecule has 1 amide bonds. The molecule has 1 aromatic heterocycles. The Kier molecular flexibility index (Phi) is 5.80. The van der Waals surface area contributed by atoms with Gasteiger partial charge in [0.25, 0.3) is 5.91 Å². The number of nitrogens with zero attached hydrogens (tertiary/aromatic N) is 3. The van der Waals surface area contributed by atoms with E-state index in [1.54, 1.807) is 23.1 Å². The second kappa shape index (κ2) is 8.43. The number of thiazole rings is 1. The molecule has 5 heteroatoms. The lowest BCUT2D eigenvalue weighted by Crippen LogP contribution is -2.30. The molecule has 3 aromatic rings. The van der Waals surface area contributed by atoms with E-state index in [9.17, 15) is 4.79 Å². The molecule has 0 N–H and O–H groups in total. The highest BCUT2D eigenvalue weighted by Gasteiger charge is 2.21. The minimum Gasteiger partial charge on any atom is -0.330 e. The smallest absolute Gasteiger partial charge is 0.266 e. The van der Waals surface area contributed by atoms with Crippen LogP contribution in [0, 0.1) is 18.3 Å². The fourth-order valence-corrected chi connectivity index (χ4v) is 3.76. The molecular formula is C22H19N3OS. The fourth-order valence-electron chi connectivity index (χ4n) is 2.72. The first-order chi connectivity index (χ1) is 13.1. The SMILES string of the molecule is C=CCN(Cc1ccc(C#N)cc1)C(=O)c1sc(-c2ccccc2)nc1C. The quantitative estimate of drug-likeness (QED) is 0.582. The molecule has 0 aliphatic carbocycles. The van der Waals surface area contributed by atoms with Gasteiger partial charge in [-0.05, 0) is 24.6 Å². The molecular weight excluding hydrogens is 354 g/mol. The predicted molar refractivity (Wildman–Crippen MR) is 108 cm³/mol. The van der Waals surface area contributed by atoms with Crippen LogP contribution in [0.5, 0.6) is 0 Å². The molecule has 2 aromatic carbocycles. The van der Waals surface area contributed by atoms with Gasteiger partial charge in [-0.25, -0.2) is 4.98 Å². The summed E-state index contributed by atoms with van der Waals surface area (Å²) >= 11 is 1.41. The highest BCUT2D eigenvalue weighted by atomic mass is 32.1. The number of aryl methyl sites for hydroxylation is 1. The van der Waals surface area contributed by atoms with Gasteiger partial charge in [0.1, 0.15) is 9.88 Å². The molecule has 0 radical (unpaired) electrons. The van der Waals surface area contributed by atoms with Crippen LogP contribution in [0.4, 0.5) is 0 Å². The van der Waals surface area contributed by atoms with E-state index in [1.807, 2.05) is 49.4 Å². The minimum atomic E-state index is -0.0589. The van der Waals surface area contributed by atoms with Crippen LogP contribution in [0.15, 0.2) is 67.3 Å². The first-order valence-corrected chi connectivity index (χ1v) is 9.36. The van der Waals surface area contributed by atoms with Crippen molar-refractivity contribution >= 4 is 17.2 Å². The highest BCUT2D eigenvalue weighted by molar-refractivity contribution is 7.17. The zero-order valence-electron chi connectivity index (χ0n) is 15.1. The fraction of sp³-hybridized carbons (Fsp3) is 0.136. The van der Waals surface area contributed by atoms with Gasteiger partial charge >= 0.3 is 0 Å². The van der Waals surface area contributed by atoms with Crippen LogP contribution in [0.2, 0.25) is 0 Å². The molecule has 1 heterocycles. The van der Waals surface area contributed by atoms with Crippen molar-refractivity contribution in [2.24, 2.45) is 0 Å². The molecule has 0 fully saturated rings. The Bertz CT molecular complexity index is 985. The Labute approximate surface area is 163 Å². The van der Waals surface area contributed by atoms with Crippen molar-refractivity contribution < 1.29 is 4.79 Å². The van der Waals surface area contributed by atoms with Crippen LogP contribution in [0.25, 0.3) is 10.6 Å². The summed E-state index contributed by atoms with van der Waals surface area (Å²) in [6.07, 6.45) is 1.72. The van der Waals surface area contributed by atoms with Crippen LogP contribution < -0.4 is 0 Å². The lowest BCUT2D eigenvalue weighted by atomic mass is 10.1. The number of amides is 1. The van der Waals surface area contributed by atoms with Gasteiger partial charge in [-0.1, -0.05) is 48.5 Å². The summed E-state index contributed by atoms with van der Waals surface area (Å²) in [5.41, 5.74) is 3.31. The number of nitriles is 1. The van der Waals surface area contributed by atoms with Gasteiger partial charge in [0, 0.05) is 18.7 Å². The van der Waals surface area contributed by atoms with E-state index in [0.717, 1.165) is 21.8 Å². The van der Waals surface area contributed by atoms with Gasteiger partial charge in [-0.2, -0.15) is 5.26 Å². The van der Waals surface area contributed by atoms with Crippen molar-refractivity contribution in [3.05, 3.63) is 89.0 Å². The summed E-state index contributed by atoms with van der Waals surface area (Å²) in [5.74, 6) is -0.0589. The molecule has 27 heavy (non-hydrogen) atoms. The number of hydrogen-bond donors (Lipinski definition) is 0. The first-order valence-electron chi connectivity index (χ1n) is 8.54. The number of rotatable bonds is 6. The van der Waals surface area contributed by atoms with E-state index in [-0.39, 0.29) is 5.91 Å². The normalized spacial score (nSPS) is 10.2. The second-order valence-electron chi connectivity index (χ2n) is 6.08. The average molecular weight is 373 g/mol. The van der Waals surface area contributed by atoms with E-state index in [4.69, 9.17) is 5.26 Å². The molecule has 0 atom stereocenters. The Morgan fingerprint density at radius 2 is 1.93 bits per heavy atom. The Morgan fingerprint density at radius 1 is 1.22 bits per heavy atom. The van der Waals surface area contributed by atoms with Crippen LogP contribution in [-0.4, -0.2) is 22.3 Å². The van der Waals surface area contributed by atoms with Crippen molar-refractivity contribution in [2.75, 3.05) is 6.54 Å². The van der Waals surface area contributed by atoms with Gasteiger partial charge in [0.15, 0.2) is 0 Å². The average Bonchev–Trinajstić information content (AvgIpc) is 3.10. The van der Waals surface area contributed by atoms with Crippen LogP contribution in [-0.2, 0) is 6.54 Å². The molecule has 0 saturated carbocycles. The third-order valence-electron chi connectivity index (χ3n) is 4.10. The van der Waals surface area contributed by atoms with Crippen LogP contribution in [0.3, 0.4) is 0 Å². The maximum Gasteiger partial charge on any atom is 0.266 e. The lowest BCUT2D eigenvalue weighted by Gasteiger charge is -2.20. The number of aromatic nitrogens is 1. The molecule has 0 spiro atoms. The zero-order valence-corrected chi connectivity index (χ0v) is 15.9. The Morgan fingerprint density at radius 3 is 2.56 bits per heavy atom. The molecule has 0 saturated heterocycles. The van der Waals surface area contributed by atoms with Gasteiger partial charge in [-0.15, -0.1) is 17.9 Å². The largest absolute Gasteiger partial charge is 0.330 e. The summed E-state index contributed by atoms with van der Waals surface area (Å²) in [6.45, 7) is 6.53. The molecule has 134 valence electrons. The summed E-state index contributed by atoms with van der Waals surface area (Å²) in [6, 6.07) is 19.2. The predicted octanol–water partition coefficient (Wildman–Crippen LogP) is 4.82. The highest BCUT2D eigenvalue weighted by Crippen LogP contribution is 2.29. The molecule has 3 rings (SSSR count). The van der Waals surface area contributed by atoms with Gasteiger partial charge in [0.05, 0.1) is 17.3 Å². The summed E-state index contributed by atoms with van der Waals surface area (Å²) in [7, 11) is 0. The first kappa shape index (κ1) is 18.6. The van der Waals surface area contributed by atoms with E-state index < -0.39 is 0 Å². The second-order valence-corrected chi connectivity index (χ2v) is 7.08. The number of hydrogen-bond acceptors (Lipinski definition) is 4. The van der Waals surface area contributed by atoms with E-state index in [1.165, 1.54) is 11.3 Å². The van der Waals surface area contributed by atoms with Gasteiger partial charge in [-0.3, -0.25) is 4.79 Å². The standard InChI is InChI=1S/C22H19N3OS/c1-3-13-25(15-18-11-9-17(14-23)10-12-18)22(26)20-16(2)24-21(27-20)19-7-5-4-6-8-19/h3-12H,1,13,15H2,2H3. The van der Waals surface area contributed by atoms with Crippen molar-refractivity contribution in [3.8, 4) is 16.6 Å². The maximum absolute atomic E-state index is 13.1. The van der Waals surface area contributed by atoms with Crippen molar-refractivity contribution in [1.29, 1.82) is 5.26 Å². The van der Waals surface area contributed by atoms with Crippen molar-refractivity contribution in [2.45, 2.75) is 13.5 Å². The Hall–Kier alpha value is -3.23. The maximum atomic E-state index is 13.1. The molecule has 0 aliphatic rings. The monoisotopic (exact) mass is 373 g/mol. The molecule has 0 bridgehead atoms. The van der Waals surface area contributed by atoms with Gasteiger partial charge < -0.3 is 4.90 Å². The number of carbonyl (C=O) groups excluding carboxylic acids is 1. The lowest BCUT2D eigenvalue weighted by molar-refractivity contribution is 0.0766. The third-order valence-corrected chi connectivity index (χ3v) is 5.30. The van der Waals surface area contributed by atoms with Crippen molar-refractivity contribution in [3.63, 3.8) is 0 Å². The van der Waals surface area contributed by atoms with Crippen LogP contribution >= 0.6 is 11.3 Å². The Balaban J connectivity index is 1.85. The van der Waals surface area contributed by atoms with Crippen molar-refractivity contribution in [1.82, 2.24) is 9.88 Å². The third kappa shape index (κ3) is 4.30. The van der Waals surface area contributed by atoms with E-state index in [2.05, 4.69) is 17.6 Å². The van der Waals surface area contributed by atoms with Crippen LogP contribution in [0.1, 0.15) is 26.5 Å². The minimum absolute atomic E-state index is 0.0589. The summed E-state index contributed by atoms with van der Waals surface area (Å²) < 4.78 is 0. The molecule has 0 unspecified atom stereocenters. The molecule has 0 aliphatic heterocycles. The number of carbonyl (C=O) groups is 1. The van der Waals surface area contributed by atoms with E-state index in [0.29, 0.717) is 23.5 Å². The topological polar surface area (TPSA) is 57.0 Å².